The molecule has 0 aliphatic carbocycles. The molecular formula is C12H13N3O3S. The molecule has 0 unspecified atom stereocenters. The van der Waals surface area contributed by atoms with Gasteiger partial charge in [0.2, 0.25) is 5.16 Å². The van der Waals surface area contributed by atoms with Crippen LogP contribution in [-0.2, 0) is 4.79 Å². The van der Waals surface area contributed by atoms with Crippen LogP contribution in [0, 0.1) is 0 Å². The highest BCUT2D eigenvalue weighted by Gasteiger charge is 2.15. The maximum atomic E-state index is 10.9. The molecule has 0 atom stereocenters. The summed E-state index contributed by atoms with van der Waals surface area (Å²) in [5.74, 6) is 1.32. The summed E-state index contributed by atoms with van der Waals surface area (Å²) in [5.41, 5.74) is 0.451. The van der Waals surface area contributed by atoms with Crippen LogP contribution >= 0.6 is 11.8 Å². The van der Waals surface area contributed by atoms with Crippen molar-refractivity contribution in [2.75, 3.05) is 12.9 Å². The van der Waals surface area contributed by atoms with Crippen LogP contribution in [0.25, 0.3) is 11.4 Å². The van der Waals surface area contributed by atoms with Crippen LogP contribution < -0.4 is 4.74 Å². The van der Waals surface area contributed by atoms with E-state index in [1.807, 2.05) is 0 Å². The number of phenolic OH excluding ortho intramolecular Hbond substituents is 1. The molecule has 2 rings (SSSR count). The van der Waals surface area contributed by atoms with Gasteiger partial charge in [-0.15, -0.1) is 5.10 Å². The van der Waals surface area contributed by atoms with E-state index in [4.69, 9.17) is 4.74 Å². The summed E-state index contributed by atoms with van der Waals surface area (Å²) in [5, 5.41) is 17.0. The van der Waals surface area contributed by atoms with E-state index in [2.05, 4.69) is 15.2 Å². The molecule has 1 heterocycles. The molecule has 6 nitrogen and oxygen atoms in total. The number of ether oxygens (including phenoxy) is 1. The number of carbonyl (C=O) groups excluding carboxylic acids is 1. The van der Waals surface area contributed by atoms with Crippen LogP contribution in [-0.4, -0.2) is 38.9 Å². The van der Waals surface area contributed by atoms with Gasteiger partial charge in [0.05, 0.1) is 12.9 Å². The zero-order valence-corrected chi connectivity index (χ0v) is 11.3. The quantitative estimate of drug-likeness (QED) is 0.812. The van der Waals surface area contributed by atoms with Crippen LogP contribution in [0.2, 0.25) is 0 Å². The lowest BCUT2D eigenvalue weighted by Crippen LogP contribution is -1.93. The highest BCUT2D eigenvalue weighted by Crippen LogP contribution is 2.35. The number of rotatable bonds is 5. The number of H-pyrrole nitrogens is 1. The molecule has 0 bridgehead atoms. The minimum Gasteiger partial charge on any atom is -0.507 e. The Bertz CT molecular complexity index is 598. The van der Waals surface area contributed by atoms with Crippen molar-refractivity contribution in [3.8, 4) is 22.9 Å². The molecule has 1 aromatic heterocycles. The molecule has 7 heteroatoms. The van der Waals surface area contributed by atoms with E-state index in [-0.39, 0.29) is 11.5 Å². The van der Waals surface area contributed by atoms with Gasteiger partial charge in [-0.25, -0.2) is 4.98 Å². The normalized spacial score (nSPS) is 10.4. The molecule has 0 saturated heterocycles. The van der Waals surface area contributed by atoms with Gasteiger partial charge in [0.1, 0.15) is 22.8 Å². The predicted molar refractivity (Wildman–Crippen MR) is 71.4 cm³/mol. The van der Waals surface area contributed by atoms with Gasteiger partial charge in [-0.1, -0.05) is 17.8 Å². The number of phenols is 1. The van der Waals surface area contributed by atoms with E-state index in [9.17, 15) is 9.90 Å². The SMILES string of the molecule is COc1cccc(O)c1-c1nc(SCC(C)=O)n[nH]1. The Morgan fingerprint density at radius 1 is 1.53 bits per heavy atom. The topological polar surface area (TPSA) is 88.1 Å². The molecular weight excluding hydrogens is 266 g/mol. The molecule has 0 amide bonds. The van der Waals surface area contributed by atoms with E-state index in [0.29, 0.717) is 28.0 Å². The van der Waals surface area contributed by atoms with Gasteiger partial charge in [-0.2, -0.15) is 0 Å². The van der Waals surface area contributed by atoms with Gasteiger partial charge < -0.3 is 9.84 Å². The molecule has 0 spiro atoms. The minimum atomic E-state index is 0.0523. The number of Topliss-reactive ketones (excluding diaryl/α,β-unsaturated/α-hetero) is 1. The third-order valence-corrected chi connectivity index (χ3v) is 3.32. The van der Waals surface area contributed by atoms with Crippen LogP contribution in [0.5, 0.6) is 11.5 Å². The smallest absolute Gasteiger partial charge is 0.209 e. The molecule has 0 aliphatic heterocycles. The molecule has 0 radical (unpaired) electrons. The van der Waals surface area contributed by atoms with E-state index >= 15 is 0 Å². The third kappa shape index (κ3) is 3.05. The molecule has 2 aromatic rings. The molecule has 19 heavy (non-hydrogen) atoms. The van der Waals surface area contributed by atoms with Gasteiger partial charge in [0, 0.05) is 0 Å². The highest BCUT2D eigenvalue weighted by atomic mass is 32.2. The number of aromatic amines is 1. The minimum absolute atomic E-state index is 0.0523. The van der Waals surface area contributed by atoms with Crippen molar-refractivity contribution in [1.82, 2.24) is 15.2 Å². The Hall–Kier alpha value is -2.02. The Morgan fingerprint density at radius 3 is 3.00 bits per heavy atom. The van der Waals surface area contributed by atoms with E-state index in [0.717, 1.165) is 0 Å². The number of nitrogens with zero attached hydrogens (tertiary/aromatic N) is 2. The van der Waals surface area contributed by atoms with Crippen molar-refractivity contribution in [2.45, 2.75) is 12.1 Å². The van der Waals surface area contributed by atoms with Gasteiger partial charge >= 0.3 is 0 Å². The van der Waals surface area contributed by atoms with Crippen molar-refractivity contribution in [1.29, 1.82) is 0 Å². The number of carbonyl (C=O) groups is 1. The van der Waals surface area contributed by atoms with Crippen LogP contribution in [0.4, 0.5) is 0 Å². The first-order valence-corrected chi connectivity index (χ1v) is 6.51. The second kappa shape index (κ2) is 5.75. The van der Waals surface area contributed by atoms with Crippen LogP contribution in [0.3, 0.4) is 0 Å². The molecule has 0 fully saturated rings. The number of aromatic nitrogens is 3. The summed E-state index contributed by atoms with van der Waals surface area (Å²) in [4.78, 5) is 15.1. The summed E-state index contributed by atoms with van der Waals surface area (Å²) in [7, 11) is 1.51. The number of hydrogen-bond acceptors (Lipinski definition) is 6. The summed E-state index contributed by atoms with van der Waals surface area (Å²) in [6, 6.07) is 4.95. The van der Waals surface area contributed by atoms with Crippen LogP contribution in [0.1, 0.15) is 6.92 Å². The van der Waals surface area contributed by atoms with Gasteiger partial charge in [0.25, 0.3) is 0 Å². The molecule has 2 N–H and O–H groups in total. The second-order valence-electron chi connectivity index (χ2n) is 3.81. The number of aromatic hydroxyl groups is 1. The maximum Gasteiger partial charge on any atom is 0.209 e. The Labute approximate surface area is 114 Å². The first-order valence-electron chi connectivity index (χ1n) is 5.52. The number of thioether (sulfide) groups is 1. The van der Waals surface area contributed by atoms with Crippen molar-refractivity contribution < 1.29 is 14.6 Å². The first-order chi connectivity index (χ1) is 9.11. The van der Waals surface area contributed by atoms with Crippen molar-refractivity contribution in [3.63, 3.8) is 0 Å². The fraction of sp³-hybridized carbons (Fsp3) is 0.250. The summed E-state index contributed by atoms with van der Waals surface area (Å²) < 4.78 is 5.18. The number of nitrogens with one attached hydrogen (secondary N) is 1. The van der Waals surface area contributed by atoms with Crippen LogP contribution in [0.15, 0.2) is 23.4 Å². The molecule has 100 valence electrons. The van der Waals surface area contributed by atoms with E-state index in [1.54, 1.807) is 18.2 Å². The Morgan fingerprint density at radius 2 is 2.32 bits per heavy atom. The molecule has 0 saturated carbocycles. The fourth-order valence-corrected chi connectivity index (χ4v) is 2.12. The molecule has 0 aliphatic rings. The number of hydrogen-bond donors (Lipinski definition) is 2. The summed E-state index contributed by atoms with van der Waals surface area (Å²) in [6.07, 6.45) is 0. The van der Waals surface area contributed by atoms with E-state index < -0.39 is 0 Å². The standard InChI is InChI=1S/C12H13N3O3S/c1-7(16)6-19-12-13-11(14-15-12)10-8(17)4-3-5-9(10)18-2/h3-5,17H,6H2,1-2H3,(H,13,14,15). The lowest BCUT2D eigenvalue weighted by atomic mass is 10.1. The maximum absolute atomic E-state index is 10.9. The fourth-order valence-electron chi connectivity index (χ4n) is 1.52. The predicted octanol–water partition coefficient (Wildman–Crippen LogP) is 1.87. The average Bonchev–Trinajstić information content (AvgIpc) is 2.84. The largest absolute Gasteiger partial charge is 0.507 e. The van der Waals surface area contributed by atoms with Gasteiger partial charge in [-0.3, -0.25) is 9.89 Å². The van der Waals surface area contributed by atoms with Crippen molar-refractivity contribution >= 4 is 17.5 Å². The van der Waals surface area contributed by atoms with Crippen molar-refractivity contribution in [2.24, 2.45) is 0 Å². The Balaban J connectivity index is 2.30. The van der Waals surface area contributed by atoms with Crippen molar-refractivity contribution in [3.05, 3.63) is 18.2 Å². The number of ketones is 1. The number of benzene rings is 1. The monoisotopic (exact) mass is 279 g/mol. The molecule has 1 aromatic carbocycles. The zero-order valence-electron chi connectivity index (χ0n) is 10.5. The lowest BCUT2D eigenvalue weighted by molar-refractivity contribution is -0.114. The van der Waals surface area contributed by atoms with Gasteiger partial charge in [-0.05, 0) is 19.1 Å². The summed E-state index contributed by atoms with van der Waals surface area (Å²) >= 11 is 1.24. The second-order valence-corrected chi connectivity index (χ2v) is 4.75. The average molecular weight is 279 g/mol. The highest BCUT2D eigenvalue weighted by molar-refractivity contribution is 7.99. The lowest BCUT2D eigenvalue weighted by Gasteiger charge is -2.06. The Kier molecular flexibility index (Phi) is 4.06. The zero-order chi connectivity index (χ0) is 13.8. The van der Waals surface area contributed by atoms with E-state index in [1.165, 1.54) is 25.8 Å². The first kappa shape index (κ1) is 13.4. The summed E-state index contributed by atoms with van der Waals surface area (Å²) in [6.45, 7) is 1.51. The number of methoxy groups -OCH3 is 1. The van der Waals surface area contributed by atoms with Gasteiger partial charge in [0.15, 0.2) is 5.82 Å². The third-order valence-electron chi connectivity index (χ3n) is 2.33.